The second kappa shape index (κ2) is 16.4. The van der Waals surface area contributed by atoms with Gasteiger partial charge in [0.1, 0.15) is 11.2 Å². The lowest BCUT2D eigenvalue weighted by molar-refractivity contribution is 0.669. The molecule has 0 N–H and O–H groups in total. The summed E-state index contributed by atoms with van der Waals surface area (Å²) in [5.41, 5.74) is 16.8. The van der Waals surface area contributed by atoms with E-state index in [4.69, 9.17) is 19.4 Å². The first-order valence-corrected chi connectivity index (χ1v) is 22.9. The van der Waals surface area contributed by atoms with Crippen molar-refractivity contribution in [3.05, 3.63) is 243 Å². The van der Waals surface area contributed by atoms with Crippen LogP contribution in [-0.2, 0) is 0 Å². The summed E-state index contributed by atoms with van der Waals surface area (Å²) in [6.07, 6.45) is 0. The molecule has 0 aliphatic carbocycles. The molecule has 0 saturated carbocycles. The van der Waals surface area contributed by atoms with E-state index < -0.39 is 0 Å². The van der Waals surface area contributed by atoms with Crippen LogP contribution in [0.5, 0.6) is 0 Å². The van der Waals surface area contributed by atoms with Crippen LogP contribution in [0.1, 0.15) is 0 Å². The first kappa shape index (κ1) is 39.2. The predicted octanol–water partition coefficient (Wildman–Crippen LogP) is 16.5. The van der Waals surface area contributed by atoms with Crippen LogP contribution in [-0.4, -0.2) is 19.5 Å². The fourth-order valence-electron chi connectivity index (χ4n) is 9.67. The molecule has 318 valence electrons. The highest BCUT2D eigenvalue weighted by atomic mass is 16.3. The molecule has 5 heteroatoms. The molecule has 3 heterocycles. The maximum atomic E-state index is 6.71. The molecule has 13 rings (SSSR count). The molecule has 0 fully saturated rings. The molecular weight excluding hydrogens is 829 g/mol. The highest BCUT2D eigenvalue weighted by Crippen LogP contribution is 2.40. The molecule has 0 radical (unpaired) electrons. The highest BCUT2D eigenvalue weighted by Gasteiger charge is 2.19. The van der Waals surface area contributed by atoms with Crippen LogP contribution in [0.25, 0.3) is 128 Å². The van der Waals surface area contributed by atoms with Crippen molar-refractivity contribution in [2.75, 3.05) is 0 Å². The number of aromatic nitrogens is 4. The second-order valence-electron chi connectivity index (χ2n) is 17.2. The summed E-state index contributed by atoms with van der Waals surface area (Å²) in [4.78, 5) is 15.6. The minimum absolute atomic E-state index is 0.587. The number of furan rings is 1. The summed E-state index contributed by atoms with van der Waals surface area (Å²) < 4.78 is 9.07. The quantitative estimate of drug-likeness (QED) is 0.153. The minimum Gasteiger partial charge on any atom is -0.456 e. The van der Waals surface area contributed by atoms with Gasteiger partial charge in [0, 0.05) is 50.0 Å². The Morgan fingerprint density at radius 2 is 0.676 bits per heavy atom. The molecule has 0 atom stereocenters. The van der Waals surface area contributed by atoms with Gasteiger partial charge in [-0.25, -0.2) is 15.0 Å². The van der Waals surface area contributed by atoms with Crippen molar-refractivity contribution in [3.63, 3.8) is 0 Å². The average molecular weight is 869 g/mol. The van der Waals surface area contributed by atoms with Crippen molar-refractivity contribution in [3.8, 4) is 84.4 Å². The molecule has 0 bridgehead atoms. The molecule has 0 aliphatic heterocycles. The topological polar surface area (TPSA) is 56.7 Å². The van der Waals surface area contributed by atoms with Crippen molar-refractivity contribution >= 4 is 43.7 Å². The summed E-state index contributed by atoms with van der Waals surface area (Å²) in [6.45, 7) is 0. The Kier molecular flexibility index (Phi) is 9.43. The summed E-state index contributed by atoms with van der Waals surface area (Å²) in [5, 5.41) is 4.36. The van der Waals surface area contributed by atoms with E-state index in [2.05, 4.69) is 229 Å². The van der Waals surface area contributed by atoms with Gasteiger partial charge < -0.3 is 8.98 Å². The Morgan fingerprint density at radius 1 is 0.250 bits per heavy atom. The van der Waals surface area contributed by atoms with Crippen molar-refractivity contribution in [1.29, 1.82) is 0 Å². The Balaban J connectivity index is 0.934. The molecule has 5 nitrogen and oxygen atoms in total. The van der Waals surface area contributed by atoms with Gasteiger partial charge >= 0.3 is 0 Å². The molecule has 10 aromatic carbocycles. The number of para-hydroxylation sites is 1. The normalized spacial score (nSPS) is 11.5. The van der Waals surface area contributed by atoms with Crippen molar-refractivity contribution in [1.82, 2.24) is 19.5 Å². The molecule has 13 aromatic rings. The number of nitrogens with zero attached hydrogens (tertiary/aromatic N) is 4. The Hall–Kier alpha value is -9.19. The standard InChI is InChI=1S/C63H40N4O/c1-4-15-41(16-5-1)44-29-31-45(32-30-44)48-23-14-26-52(37-48)67-57-28-11-10-27-53(57)54-39-56-55-38-51(33-34-59(55)68-60(56)40-58(54)67)63-65-61(49-24-12-21-46(35-49)42-17-6-2-7-18-42)64-62(66-63)50-25-13-22-47(36-50)43-19-8-3-9-20-43/h1-40H. The predicted molar refractivity (Wildman–Crippen MR) is 279 cm³/mol. The van der Waals surface area contributed by atoms with Gasteiger partial charge in [-0.2, -0.15) is 0 Å². The minimum atomic E-state index is 0.587. The van der Waals surface area contributed by atoms with E-state index in [-0.39, 0.29) is 0 Å². The third-order valence-electron chi connectivity index (χ3n) is 13.0. The van der Waals surface area contributed by atoms with Gasteiger partial charge in [-0.15, -0.1) is 0 Å². The van der Waals surface area contributed by atoms with Crippen LogP contribution < -0.4 is 0 Å². The van der Waals surface area contributed by atoms with Gasteiger partial charge in [-0.05, 0) is 99.1 Å². The Bertz CT molecular complexity index is 3900. The van der Waals surface area contributed by atoms with Crippen molar-refractivity contribution < 1.29 is 4.42 Å². The van der Waals surface area contributed by atoms with Crippen molar-refractivity contribution in [2.24, 2.45) is 0 Å². The van der Waals surface area contributed by atoms with E-state index in [1.165, 1.54) is 22.1 Å². The summed E-state index contributed by atoms with van der Waals surface area (Å²) in [6, 6.07) is 85.2. The maximum absolute atomic E-state index is 6.71. The van der Waals surface area contributed by atoms with E-state index in [1.807, 2.05) is 18.2 Å². The zero-order valence-corrected chi connectivity index (χ0v) is 36.8. The third-order valence-corrected chi connectivity index (χ3v) is 13.0. The van der Waals surface area contributed by atoms with E-state index in [1.54, 1.807) is 0 Å². The van der Waals surface area contributed by atoms with Crippen LogP contribution >= 0.6 is 0 Å². The number of rotatable bonds is 8. The lowest BCUT2D eigenvalue weighted by atomic mass is 10.00. The van der Waals surface area contributed by atoms with E-state index in [0.717, 1.165) is 88.6 Å². The smallest absolute Gasteiger partial charge is 0.164 e. The number of hydrogen-bond acceptors (Lipinski definition) is 4. The van der Waals surface area contributed by atoms with E-state index >= 15 is 0 Å². The van der Waals surface area contributed by atoms with Gasteiger partial charge in [0.15, 0.2) is 17.5 Å². The number of benzene rings is 10. The maximum Gasteiger partial charge on any atom is 0.164 e. The number of fused-ring (bicyclic) bond motifs is 6. The zero-order valence-electron chi connectivity index (χ0n) is 36.8. The summed E-state index contributed by atoms with van der Waals surface area (Å²) in [7, 11) is 0. The first-order chi connectivity index (χ1) is 33.7. The van der Waals surface area contributed by atoms with Gasteiger partial charge in [0.25, 0.3) is 0 Å². The SMILES string of the molecule is c1ccc(-c2ccc(-c3cccc(-n4c5ccccc5c5cc6c(cc54)oc4ccc(-c5nc(-c7cccc(-c8ccccc8)c7)nc(-c7cccc(-c8ccccc8)c7)n5)cc46)c3)cc2)cc1. The molecule has 0 spiro atoms. The first-order valence-electron chi connectivity index (χ1n) is 22.9. The number of hydrogen-bond donors (Lipinski definition) is 0. The van der Waals surface area contributed by atoms with E-state index in [0.29, 0.717) is 17.5 Å². The fourth-order valence-corrected chi connectivity index (χ4v) is 9.67. The fraction of sp³-hybridized carbons (Fsp3) is 0. The lowest BCUT2D eigenvalue weighted by Crippen LogP contribution is -2.00. The van der Waals surface area contributed by atoms with Crippen LogP contribution in [0.2, 0.25) is 0 Å². The molecule has 68 heavy (non-hydrogen) atoms. The highest BCUT2D eigenvalue weighted by molar-refractivity contribution is 6.17. The zero-order chi connectivity index (χ0) is 45.0. The third kappa shape index (κ3) is 7.02. The second-order valence-corrected chi connectivity index (χ2v) is 17.2. The van der Waals surface area contributed by atoms with Crippen LogP contribution in [0.3, 0.4) is 0 Å². The van der Waals surface area contributed by atoms with E-state index in [9.17, 15) is 0 Å². The Morgan fingerprint density at radius 3 is 1.28 bits per heavy atom. The van der Waals surface area contributed by atoms with Crippen LogP contribution in [0.4, 0.5) is 0 Å². The average Bonchev–Trinajstić information content (AvgIpc) is 3.95. The lowest BCUT2D eigenvalue weighted by Gasteiger charge is -2.11. The molecule has 0 aliphatic rings. The van der Waals surface area contributed by atoms with Crippen LogP contribution in [0.15, 0.2) is 247 Å². The largest absolute Gasteiger partial charge is 0.456 e. The van der Waals surface area contributed by atoms with Gasteiger partial charge in [-0.3, -0.25) is 0 Å². The van der Waals surface area contributed by atoms with Gasteiger partial charge in [0.05, 0.1) is 11.0 Å². The molecule has 3 aromatic heterocycles. The van der Waals surface area contributed by atoms with Crippen molar-refractivity contribution in [2.45, 2.75) is 0 Å². The monoisotopic (exact) mass is 868 g/mol. The molecule has 0 unspecified atom stereocenters. The molecular formula is C63H40N4O. The molecule has 0 amide bonds. The molecule has 0 saturated heterocycles. The summed E-state index contributed by atoms with van der Waals surface area (Å²) in [5.74, 6) is 1.80. The van der Waals surface area contributed by atoms with Crippen LogP contribution in [0, 0.1) is 0 Å². The van der Waals surface area contributed by atoms with Gasteiger partial charge in [-0.1, -0.05) is 182 Å². The van der Waals surface area contributed by atoms with Gasteiger partial charge in [0.2, 0.25) is 0 Å². The Labute approximate surface area is 392 Å². The summed E-state index contributed by atoms with van der Waals surface area (Å²) >= 11 is 0.